The highest BCUT2D eigenvalue weighted by atomic mass is 32.2. The van der Waals surface area contributed by atoms with Gasteiger partial charge < -0.3 is 37.0 Å². The summed E-state index contributed by atoms with van der Waals surface area (Å²) in [4.78, 5) is 46.1. The molecule has 33 heavy (non-hydrogen) atoms. The number of carboxylic acids is 2. The van der Waals surface area contributed by atoms with Crippen molar-refractivity contribution >= 4 is 46.9 Å². The van der Waals surface area contributed by atoms with Crippen LogP contribution in [-0.4, -0.2) is 68.8 Å². The third kappa shape index (κ3) is 10.1. The van der Waals surface area contributed by atoms with E-state index in [0.29, 0.717) is 0 Å². The zero-order valence-electron chi connectivity index (χ0n) is 17.1. The van der Waals surface area contributed by atoms with E-state index in [1.54, 1.807) is 0 Å². The van der Waals surface area contributed by atoms with Crippen molar-refractivity contribution in [2.24, 2.45) is 5.73 Å². The van der Waals surface area contributed by atoms with E-state index in [0.717, 1.165) is 17.8 Å². The second-order valence-electron chi connectivity index (χ2n) is 6.70. The maximum atomic E-state index is 12.3. The SMILES string of the molecule is NC(CCCC(=O)NC(CSc1ccc([NH+]([O-])O)cc1[NH+]([O-])O)C(=O)NCC(=O)O)C(=O)O. The van der Waals surface area contributed by atoms with Gasteiger partial charge in [0.2, 0.25) is 11.8 Å². The van der Waals surface area contributed by atoms with Crippen molar-refractivity contribution in [2.75, 3.05) is 12.3 Å². The van der Waals surface area contributed by atoms with Crippen molar-refractivity contribution in [3.8, 4) is 0 Å². The number of amides is 2. The molecule has 0 heterocycles. The Morgan fingerprint density at radius 1 is 1.12 bits per heavy atom. The summed E-state index contributed by atoms with van der Waals surface area (Å²) in [6.45, 7) is -0.711. The predicted molar refractivity (Wildman–Crippen MR) is 111 cm³/mol. The minimum atomic E-state index is -1.40. The molecule has 184 valence electrons. The number of hydrogen-bond donors (Lipinski definition) is 9. The molecular formula is C17H25N5O10S. The molecule has 0 aliphatic carbocycles. The third-order valence-corrected chi connectivity index (χ3v) is 5.33. The van der Waals surface area contributed by atoms with Gasteiger partial charge in [-0.25, -0.2) is 10.4 Å². The zero-order valence-corrected chi connectivity index (χ0v) is 18.0. The summed E-state index contributed by atoms with van der Waals surface area (Å²) in [5.74, 6) is -4.19. The molecule has 4 unspecified atom stereocenters. The van der Waals surface area contributed by atoms with Crippen LogP contribution in [0.5, 0.6) is 0 Å². The summed E-state index contributed by atoms with van der Waals surface area (Å²) in [6, 6.07) is 0.985. The molecule has 0 saturated heterocycles. The molecule has 4 atom stereocenters. The van der Waals surface area contributed by atoms with Crippen LogP contribution in [0, 0.1) is 10.4 Å². The van der Waals surface area contributed by atoms with Gasteiger partial charge in [0.15, 0.2) is 11.4 Å². The van der Waals surface area contributed by atoms with E-state index in [9.17, 15) is 34.8 Å². The Kier molecular flexibility index (Phi) is 11.7. The van der Waals surface area contributed by atoms with Crippen molar-refractivity contribution in [2.45, 2.75) is 36.2 Å². The van der Waals surface area contributed by atoms with Crippen molar-refractivity contribution in [3.05, 3.63) is 28.6 Å². The molecule has 16 heteroatoms. The molecule has 0 aliphatic heterocycles. The maximum absolute atomic E-state index is 12.3. The molecule has 1 aromatic rings. The highest BCUT2D eigenvalue weighted by Crippen LogP contribution is 2.27. The maximum Gasteiger partial charge on any atom is 0.322 e. The van der Waals surface area contributed by atoms with Crippen LogP contribution in [0.3, 0.4) is 0 Å². The number of nitrogens with two attached hydrogens (primary N) is 1. The lowest BCUT2D eigenvalue weighted by Crippen LogP contribution is -3.01. The fraction of sp³-hybridized carbons (Fsp3) is 0.412. The molecule has 15 nitrogen and oxygen atoms in total. The van der Waals surface area contributed by atoms with Gasteiger partial charge in [0, 0.05) is 18.2 Å². The highest BCUT2D eigenvalue weighted by molar-refractivity contribution is 7.99. The average molecular weight is 491 g/mol. The van der Waals surface area contributed by atoms with Crippen molar-refractivity contribution < 1.29 is 50.3 Å². The van der Waals surface area contributed by atoms with Crippen LogP contribution < -0.4 is 26.8 Å². The second kappa shape index (κ2) is 13.7. The molecule has 0 fully saturated rings. The van der Waals surface area contributed by atoms with E-state index in [1.165, 1.54) is 12.1 Å². The molecule has 1 aromatic carbocycles. The Labute approximate surface area is 191 Å². The van der Waals surface area contributed by atoms with Crippen LogP contribution in [0.1, 0.15) is 19.3 Å². The van der Waals surface area contributed by atoms with E-state index >= 15 is 0 Å². The first-order chi connectivity index (χ1) is 15.4. The molecule has 0 saturated carbocycles. The first kappa shape index (κ1) is 28.2. The van der Waals surface area contributed by atoms with E-state index in [1.807, 2.05) is 0 Å². The van der Waals surface area contributed by atoms with E-state index in [-0.39, 0.29) is 41.3 Å². The van der Waals surface area contributed by atoms with Crippen LogP contribution in [0.25, 0.3) is 0 Å². The molecule has 10 N–H and O–H groups in total. The van der Waals surface area contributed by atoms with Crippen LogP contribution >= 0.6 is 11.8 Å². The fourth-order valence-corrected chi connectivity index (χ4v) is 3.52. The van der Waals surface area contributed by atoms with Gasteiger partial charge in [-0.05, 0) is 18.9 Å². The number of benzene rings is 1. The van der Waals surface area contributed by atoms with Gasteiger partial charge in [0.05, 0.1) is 11.0 Å². The Bertz CT molecular complexity index is 853. The van der Waals surface area contributed by atoms with Crippen molar-refractivity contribution in [1.29, 1.82) is 0 Å². The van der Waals surface area contributed by atoms with E-state index in [2.05, 4.69) is 10.6 Å². The Morgan fingerprint density at radius 2 is 1.79 bits per heavy atom. The molecular weight excluding hydrogens is 466 g/mol. The molecule has 0 spiro atoms. The van der Waals surface area contributed by atoms with Gasteiger partial charge in [-0.3, -0.25) is 19.2 Å². The van der Waals surface area contributed by atoms with E-state index < -0.39 is 52.8 Å². The number of carboxylic acid groups (broad SMARTS) is 2. The smallest absolute Gasteiger partial charge is 0.322 e. The van der Waals surface area contributed by atoms with Crippen molar-refractivity contribution in [3.63, 3.8) is 0 Å². The molecule has 2 amide bonds. The zero-order chi connectivity index (χ0) is 25.1. The molecule has 0 aromatic heterocycles. The fourth-order valence-electron chi connectivity index (χ4n) is 2.47. The lowest BCUT2D eigenvalue weighted by molar-refractivity contribution is -0.997. The number of quaternary nitrogens is 2. The third-order valence-electron chi connectivity index (χ3n) is 4.16. The first-order valence-electron chi connectivity index (χ1n) is 9.43. The van der Waals surface area contributed by atoms with Gasteiger partial charge in [-0.2, -0.15) is 10.5 Å². The second-order valence-corrected chi connectivity index (χ2v) is 7.76. The standard InChI is InChI=1S/C17H25N5O10S/c18-10(17(27)28)2-1-3-14(23)20-11(16(26)19-7-15(24)25)8-33-13-5-4-9(21(29)30)6-12(13)22(31)32/h4-6,10-11,21-22,29,31H,1-3,7-8,18H2,(H,19,26)(H,20,23)(H,24,25)(H,27,28). The summed E-state index contributed by atoms with van der Waals surface area (Å²) < 4.78 is 0. The summed E-state index contributed by atoms with van der Waals surface area (Å²) >= 11 is 0.847. The van der Waals surface area contributed by atoms with Gasteiger partial charge in [0.1, 0.15) is 18.6 Å². The quantitative estimate of drug-likeness (QED) is 0.0924. The Morgan fingerprint density at radius 3 is 2.33 bits per heavy atom. The number of hydrogen-bond acceptors (Lipinski definition) is 10. The van der Waals surface area contributed by atoms with Gasteiger partial charge in [-0.15, -0.1) is 11.8 Å². The average Bonchev–Trinajstić information content (AvgIpc) is 2.74. The summed E-state index contributed by atoms with van der Waals surface area (Å²) in [5.41, 5.74) is 4.79. The molecule has 0 aliphatic rings. The number of nitrogens with one attached hydrogen (secondary N) is 4. The number of carbonyl (C=O) groups is 4. The first-order valence-corrected chi connectivity index (χ1v) is 10.4. The number of aliphatic carboxylic acids is 2. The minimum absolute atomic E-state index is 0.0191. The van der Waals surface area contributed by atoms with Gasteiger partial charge in [0.25, 0.3) is 0 Å². The minimum Gasteiger partial charge on any atom is -0.595 e. The number of thioether (sulfide) groups is 1. The number of carbonyl (C=O) groups excluding carboxylic acids is 2. The molecule has 0 radical (unpaired) electrons. The lowest BCUT2D eigenvalue weighted by Gasteiger charge is -2.20. The van der Waals surface area contributed by atoms with Crippen LogP contribution in [0.15, 0.2) is 23.1 Å². The van der Waals surface area contributed by atoms with Gasteiger partial charge >= 0.3 is 11.9 Å². The normalized spacial score (nSPS) is 14.6. The predicted octanol–water partition coefficient (Wildman–Crippen LogP) is -3.15. The number of rotatable bonds is 14. The largest absolute Gasteiger partial charge is 0.595 e. The summed E-state index contributed by atoms with van der Waals surface area (Å²) in [5, 5.41) is 60.2. The molecule has 0 bridgehead atoms. The van der Waals surface area contributed by atoms with Crippen LogP contribution in [0.2, 0.25) is 0 Å². The van der Waals surface area contributed by atoms with Crippen molar-refractivity contribution in [1.82, 2.24) is 10.6 Å². The topological polar surface area (TPSA) is 254 Å². The van der Waals surface area contributed by atoms with Crippen LogP contribution in [0.4, 0.5) is 11.4 Å². The Hall–Kier alpha value is -2.83. The monoisotopic (exact) mass is 491 g/mol. The highest BCUT2D eigenvalue weighted by Gasteiger charge is 2.24. The lowest BCUT2D eigenvalue weighted by atomic mass is 10.1. The summed E-state index contributed by atoms with van der Waals surface area (Å²) in [7, 11) is 0. The Balaban J connectivity index is 2.88. The van der Waals surface area contributed by atoms with Crippen LogP contribution in [-0.2, 0) is 19.2 Å². The molecule has 1 rings (SSSR count). The van der Waals surface area contributed by atoms with E-state index in [4.69, 9.17) is 21.2 Å². The van der Waals surface area contributed by atoms with Gasteiger partial charge in [-0.1, -0.05) is 0 Å². The summed E-state index contributed by atoms with van der Waals surface area (Å²) in [6.07, 6.45) is -0.0109.